The molecule has 0 aliphatic carbocycles. The maximum Gasteiger partial charge on any atom is 0.0340 e. The van der Waals surface area contributed by atoms with Gasteiger partial charge in [-0.1, -0.05) is 39.8 Å². The molecule has 84 valence electrons. The maximum absolute atomic E-state index is 3.48. The average Bonchev–Trinajstić information content (AvgIpc) is 2.26. The number of anilines is 1. The molecular formula is C14H23N. The monoisotopic (exact) mass is 205 g/mol. The SMILES string of the molecule is CCc1ccc(NCC(C)C(C)C)cc1. The third-order valence-electron chi connectivity index (χ3n) is 3.13. The van der Waals surface area contributed by atoms with E-state index in [4.69, 9.17) is 0 Å². The van der Waals surface area contributed by atoms with Crippen molar-refractivity contribution in [3.63, 3.8) is 0 Å². The van der Waals surface area contributed by atoms with Crippen LogP contribution in [0.4, 0.5) is 5.69 Å². The molecule has 1 N–H and O–H groups in total. The molecule has 0 fully saturated rings. The Morgan fingerprint density at radius 2 is 1.67 bits per heavy atom. The Morgan fingerprint density at radius 3 is 2.13 bits per heavy atom. The summed E-state index contributed by atoms with van der Waals surface area (Å²) >= 11 is 0. The molecule has 0 amide bonds. The number of hydrogen-bond donors (Lipinski definition) is 1. The van der Waals surface area contributed by atoms with Gasteiger partial charge in [-0.2, -0.15) is 0 Å². The number of rotatable bonds is 5. The van der Waals surface area contributed by atoms with E-state index in [1.165, 1.54) is 11.3 Å². The summed E-state index contributed by atoms with van der Waals surface area (Å²) < 4.78 is 0. The molecule has 1 atom stereocenters. The van der Waals surface area contributed by atoms with Crippen molar-refractivity contribution in [1.29, 1.82) is 0 Å². The van der Waals surface area contributed by atoms with E-state index in [1.807, 2.05) is 0 Å². The van der Waals surface area contributed by atoms with Gasteiger partial charge in [0.05, 0.1) is 0 Å². The van der Waals surface area contributed by atoms with E-state index in [2.05, 4.69) is 57.3 Å². The lowest BCUT2D eigenvalue weighted by atomic mass is 9.98. The van der Waals surface area contributed by atoms with Gasteiger partial charge in [0.1, 0.15) is 0 Å². The summed E-state index contributed by atoms with van der Waals surface area (Å²) in [6.45, 7) is 10.1. The van der Waals surface area contributed by atoms with Crippen LogP contribution in [0.1, 0.15) is 33.3 Å². The average molecular weight is 205 g/mol. The van der Waals surface area contributed by atoms with Crippen LogP contribution in [-0.4, -0.2) is 6.54 Å². The molecule has 0 aromatic heterocycles. The first-order valence-electron chi connectivity index (χ1n) is 5.96. The molecule has 1 aromatic carbocycles. The second-order valence-corrected chi connectivity index (χ2v) is 4.65. The number of hydrogen-bond acceptors (Lipinski definition) is 1. The normalized spacial score (nSPS) is 12.9. The minimum absolute atomic E-state index is 0.718. The van der Waals surface area contributed by atoms with E-state index in [9.17, 15) is 0 Å². The van der Waals surface area contributed by atoms with Crippen LogP contribution in [-0.2, 0) is 6.42 Å². The quantitative estimate of drug-likeness (QED) is 0.767. The highest BCUT2D eigenvalue weighted by Gasteiger charge is 2.05. The van der Waals surface area contributed by atoms with Crippen LogP contribution in [0.2, 0.25) is 0 Å². The smallest absolute Gasteiger partial charge is 0.0340 e. The van der Waals surface area contributed by atoms with Crippen molar-refractivity contribution < 1.29 is 0 Å². The summed E-state index contributed by atoms with van der Waals surface area (Å²) in [4.78, 5) is 0. The third kappa shape index (κ3) is 3.94. The van der Waals surface area contributed by atoms with Crippen LogP contribution < -0.4 is 5.32 Å². The van der Waals surface area contributed by atoms with Crippen LogP contribution in [0.15, 0.2) is 24.3 Å². The predicted molar refractivity (Wildman–Crippen MR) is 68.3 cm³/mol. The van der Waals surface area contributed by atoms with Crippen molar-refractivity contribution in [2.75, 3.05) is 11.9 Å². The fourth-order valence-corrected chi connectivity index (χ4v) is 1.37. The fourth-order valence-electron chi connectivity index (χ4n) is 1.37. The highest BCUT2D eigenvalue weighted by molar-refractivity contribution is 5.44. The second-order valence-electron chi connectivity index (χ2n) is 4.65. The lowest BCUT2D eigenvalue weighted by Crippen LogP contribution is -2.16. The molecule has 0 bridgehead atoms. The van der Waals surface area contributed by atoms with E-state index in [-0.39, 0.29) is 0 Å². The van der Waals surface area contributed by atoms with Gasteiger partial charge in [-0.25, -0.2) is 0 Å². The van der Waals surface area contributed by atoms with Crippen molar-refractivity contribution in [2.45, 2.75) is 34.1 Å². The standard InChI is InChI=1S/C14H23N/c1-5-13-6-8-14(9-7-13)15-10-12(4)11(2)3/h6-9,11-12,15H,5,10H2,1-4H3. The molecule has 1 unspecified atom stereocenters. The summed E-state index contributed by atoms with van der Waals surface area (Å²) in [5, 5.41) is 3.48. The molecule has 1 aromatic rings. The molecule has 0 heterocycles. The van der Waals surface area contributed by atoms with Gasteiger partial charge in [0.2, 0.25) is 0 Å². The Kier molecular flexibility index (Phi) is 4.67. The van der Waals surface area contributed by atoms with Crippen molar-refractivity contribution in [1.82, 2.24) is 0 Å². The van der Waals surface area contributed by atoms with Gasteiger partial charge in [-0.05, 0) is 36.0 Å². The highest BCUT2D eigenvalue weighted by atomic mass is 14.9. The van der Waals surface area contributed by atoms with Gasteiger partial charge in [0, 0.05) is 12.2 Å². The Labute approximate surface area is 93.9 Å². The van der Waals surface area contributed by atoms with E-state index >= 15 is 0 Å². The molecular weight excluding hydrogens is 182 g/mol. The number of aryl methyl sites for hydroxylation is 1. The van der Waals surface area contributed by atoms with Crippen LogP contribution in [0.25, 0.3) is 0 Å². The first-order valence-corrected chi connectivity index (χ1v) is 5.96. The zero-order valence-corrected chi connectivity index (χ0v) is 10.4. The fraction of sp³-hybridized carbons (Fsp3) is 0.571. The van der Waals surface area contributed by atoms with Crippen LogP contribution in [0, 0.1) is 11.8 Å². The van der Waals surface area contributed by atoms with Crippen molar-refractivity contribution in [3.05, 3.63) is 29.8 Å². The molecule has 1 rings (SSSR count). The van der Waals surface area contributed by atoms with Crippen molar-refractivity contribution in [2.24, 2.45) is 11.8 Å². The minimum atomic E-state index is 0.718. The summed E-state index contributed by atoms with van der Waals surface area (Å²) in [5.74, 6) is 1.46. The highest BCUT2D eigenvalue weighted by Crippen LogP contribution is 2.13. The summed E-state index contributed by atoms with van der Waals surface area (Å²) in [5.41, 5.74) is 2.64. The zero-order chi connectivity index (χ0) is 11.3. The Bertz CT molecular complexity index is 274. The van der Waals surface area contributed by atoms with E-state index in [0.717, 1.165) is 24.8 Å². The lowest BCUT2D eigenvalue weighted by molar-refractivity contribution is 0.440. The molecule has 0 radical (unpaired) electrons. The summed E-state index contributed by atoms with van der Waals surface area (Å²) in [6.07, 6.45) is 1.11. The maximum atomic E-state index is 3.48. The Morgan fingerprint density at radius 1 is 1.07 bits per heavy atom. The lowest BCUT2D eigenvalue weighted by Gasteiger charge is -2.17. The summed E-state index contributed by atoms with van der Waals surface area (Å²) in [6, 6.07) is 8.74. The molecule has 1 nitrogen and oxygen atoms in total. The molecule has 0 saturated heterocycles. The molecule has 0 saturated carbocycles. The number of benzene rings is 1. The first kappa shape index (κ1) is 12.1. The zero-order valence-electron chi connectivity index (χ0n) is 10.4. The first-order chi connectivity index (χ1) is 7.13. The minimum Gasteiger partial charge on any atom is -0.385 e. The molecule has 0 aliphatic rings. The predicted octanol–water partition coefficient (Wildman–Crippen LogP) is 3.95. The Balaban J connectivity index is 2.44. The van der Waals surface area contributed by atoms with Crippen LogP contribution in [0.3, 0.4) is 0 Å². The topological polar surface area (TPSA) is 12.0 Å². The second kappa shape index (κ2) is 5.79. The molecule has 1 heteroatoms. The van der Waals surface area contributed by atoms with Gasteiger partial charge in [0.25, 0.3) is 0 Å². The van der Waals surface area contributed by atoms with E-state index < -0.39 is 0 Å². The Hall–Kier alpha value is -0.980. The number of nitrogens with one attached hydrogen (secondary N) is 1. The summed E-state index contributed by atoms with van der Waals surface area (Å²) in [7, 11) is 0. The van der Waals surface area contributed by atoms with E-state index in [0.29, 0.717) is 0 Å². The van der Waals surface area contributed by atoms with Crippen molar-refractivity contribution >= 4 is 5.69 Å². The van der Waals surface area contributed by atoms with Gasteiger partial charge < -0.3 is 5.32 Å². The van der Waals surface area contributed by atoms with Gasteiger partial charge in [-0.3, -0.25) is 0 Å². The third-order valence-corrected chi connectivity index (χ3v) is 3.13. The molecule has 0 spiro atoms. The molecule has 15 heavy (non-hydrogen) atoms. The van der Waals surface area contributed by atoms with Gasteiger partial charge in [0.15, 0.2) is 0 Å². The van der Waals surface area contributed by atoms with Crippen LogP contribution in [0.5, 0.6) is 0 Å². The van der Waals surface area contributed by atoms with E-state index in [1.54, 1.807) is 0 Å². The van der Waals surface area contributed by atoms with Crippen molar-refractivity contribution in [3.8, 4) is 0 Å². The van der Waals surface area contributed by atoms with Gasteiger partial charge >= 0.3 is 0 Å². The van der Waals surface area contributed by atoms with Gasteiger partial charge in [-0.15, -0.1) is 0 Å². The van der Waals surface area contributed by atoms with Crippen LogP contribution >= 0.6 is 0 Å². The molecule has 0 aliphatic heterocycles. The largest absolute Gasteiger partial charge is 0.385 e.